The Bertz CT molecular complexity index is 199. The summed E-state index contributed by atoms with van der Waals surface area (Å²) in [4.78, 5) is 7.40. The lowest BCUT2D eigenvalue weighted by Gasteiger charge is -1.99. The molecule has 0 fully saturated rings. The lowest BCUT2D eigenvalue weighted by atomic mass is 10.5. The summed E-state index contributed by atoms with van der Waals surface area (Å²) in [7, 11) is 6.33. The Kier molecular flexibility index (Phi) is 2.09. The predicted molar refractivity (Wildman–Crippen MR) is 35.0 cm³/mol. The van der Waals surface area contributed by atoms with Crippen LogP contribution < -0.4 is 9.39 Å². The fourth-order valence-electron chi connectivity index (χ4n) is 0.499. The number of rotatable bonds is 2. The monoisotopic (exact) mass is 136 g/mol. The summed E-state index contributed by atoms with van der Waals surface area (Å²) in [5, 5.41) is 0. The molecule has 1 rings (SSSR count). The lowest BCUT2D eigenvalue weighted by Crippen LogP contribution is -1.92. The molecular formula is C5H5BN2O2. The highest BCUT2D eigenvalue weighted by Gasteiger charge is 1.94. The Labute approximate surface area is 59.6 Å². The van der Waals surface area contributed by atoms with Gasteiger partial charge in [-0.05, 0) is 0 Å². The molecule has 1 heterocycles. The second-order valence-corrected chi connectivity index (χ2v) is 1.52. The number of nitrogens with zero attached hydrogens (tertiary/aromatic N) is 2. The van der Waals surface area contributed by atoms with Crippen LogP contribution in [0.1, 0.15) is 0 Å². The van der Waals surface area contributed by atoms with Crippen LogP contribution in [0.15, 0.2) is 12.4 Å². The summed E-state index contributed by atoms with van der Waals surface area (Å²) in [5.74, 6) is 0.710. The molecule has 4 nitrogen and oxygen atoms in total. The molecule has 1 aromatic heterocycles. The minimum atomic E-state index is 0.284. The van der Waals surface area contributed by atoms with Crippen molar-refractivity contribution in [2.45, 2.75) is 0 Å². The molecule has 0 N–H and O–H groups in total. The van der Waals surface area contributed by atoms with Gasteiger partial charge < -0.3 is 9.39 Å². The van der Waals surface area contributed by atoms with Gasteiger partial charge in [-0.3, -0.25) is 0 Å². The van der Waals surface area contributed by atoms with Crippen molar-refractivity contribution in [3.8, 4) is 11.8 Å². The minimum absolute atomic E-state index is 0.284. The van der Waals surface area contributed by atoms with Crippen molar-refractivity contribution >= 4 is 8.05 Å². The third kappa shape index (κ3) is 1.37. The van der Waals surface area contributed by atoms with Crippen LogP contribution >= 0.6 is 0 Å². The highest BCUT2D eigenvalue weighted by atomic mass is 16.5. The zero-order valence-corrected chi connectivity index (χ0v) is 5.44. The zero-order valence-electron chi connectivity index (χ0n) is 5.44. The van der Waals surface area contributed by atoms with E-state index in [9.17, 15) is 0 Å². The first-order chi connectivity index (χ1) is 4.86. The van der Waals surface area contributed by atoms with E-state index in [1.54, 1.807) is 0 Å². The SMILES string of the molecule is [B]Oc1cc(OC)ncn1. The maximum absolute atomic E-state index is 4.83. The Balaban J connectivity index is 2.87. The van der Waals surface area contributed by atoms with Crippen LogP contribution in [-0.4, -0.2) is 25.1 Å². The first-order valence-electron chi connectivity index (χ1n) is 2.59. The standard InChI is InChI=1S/C5H5BN2O2/c1-9-4-2-5(10-6)8-3-7-4/h2-3H,1H3. The average Bonchev–Trinajstić information content (AvgIpc) is 2.05. The van der Waals surface area contributed by atoms with Crippen LogP contribution in [0.25, 0.3) is 0 Å². The second-order valence-electron chi connectivity index (χ2n) is 1.52. The van der Waals surface area contributed by atoms with E-state index in [1.165, 1.54) is 19.5 Å². The van der Waals surface area contributed by atoms with Crippen LogP contribution in [0, 0.1) is 0 Å². The van der Waals surface area contributed by atoms with Crippen molar-refractivity contribution in [1.29, 1.82) is 0 Å². The molecule has 0 amide bonds. The van der Waals surface area contributed by atoms with Crippen molar-refractivity contribution in [2.75, 3.05) is 7.11 Å². The molecular weight excluding hydrogens is 131 g/mol. The third-order valence-corrected chi connectivity index (χ3v) is 0.947. The summed E-state index contributed by atoms with van der Waals surface area (Å²) < 4.78 is 9.10. The van der Waals surface area contributed by atoms with Crippen molar-refractivity contribution in [1.82, 2.24) is 9.97 Å². The minimum Gasteiger partial charge on any atom is -0.555 e. The van der Waals surface area contributed by atoms with E-state index in [0.29, 0.717) is 5.88 Å². The Morgan fingerprint density at radius 2 is 2.10 bits per heavy atom. The molecule has 0 saturated carbocycles. The number of ether oxygens (including phenoxy) is 1. The van der Waals surface area contributed by atoms with Crippen LogP contribution in [0.2, 0.25) is 0 Å². The van der Waals surface area contributed by atoms with Crippen LogP contribution in [-0.2, 0) is 0 Å². The fraction of sp³-hybridized carbons (Fsp3) is 0.200. The maximum Gasteiger partial charge on any atom is 0.376 e. The van der Waals surface area contributed by atoms with Crippen molar-refractivity contribution in [3.05, 3.63) is 12.4 Å². The average molecular weight is 136 g/mol. The van der Waals surface area contributed by atoms with Crippen molar-refractivity contribution in [2.24, 2.45) is 0 Å². The molecule has 5 heteroatoms. The van der Waals surface area contributed by atoms with E-state index >= 15 is 0 Å². The smallest absolute Gasteiger partial charge is 0.376 e. The van der Waals surface area contributed by atoms with Gasteiger partial charge >= 0.3 is 8.05 Å². The van der Waals surface area contributed by atoms with E-state index in [2.05, 4.69) is 14.6 Å². The summed E-state index contributed by atoms with van der Waals surface area (Å²) in [5.41, 5.74) is 0. The molecule has 0 atom stereocenters. The van der Waals surface area contributed by atoms with Gasteiger partial charge in [-0.1, -0.05) is 0 Å². The third-order valence-electron chi connectivity index (χ3n) is 0.947. The van der Waals surface area contributed by atoms with Gasteiger partial charge in [-0.25, -0.2) is 9.97 Å². The Hall–Kier alpha value is -1.26. The predicted octanol–water partition coefficient (Wildman–Crippen LogP) is -0.0525. The number of aromatic nitrogens is 2. The molecule has 0 bridgehead atoms. The van der Waals surface area contributed by atoms with E-state index < -0.39 is 0 Å². The first kappa shape index (κ1) is 6.86. The molecule has 0 saturated heterocycles. The number of hydrogen-bond donors (Lipinski definition) is 0. The quantitative estimate of drug-likeness (QED) is 0.534. The van der Waals surface area contributed by atoms with Crippen molar-refractivity contribution < 1.29 is 9.39 Å². The zero-order chi connectivity index (χ0) is 7.40. The van der Waals surface area contributed by atoms with E-state index in [-0.39, 0.29) is 5.88 Å². The van der Waals surface area contributed by atoms with Gasteiger partial charge in [0.25, 0.3) is 0 Å². The highest BCUT2D eigenvalue weighted by Crippen LogP contribution is 2.10. The summed E-state index contributed by atoms with van der Waals surface area (Å²) in [6.45, 7) is 0. The summed E-state index contributed by atoms with van der Waals surface area (Å²) >= 11 is 0. The summed E-state index contributed by atoms with van der Waals surface area (Å²) in [6, 6.07) is 1.49. The van der Waals surface area contributed by atoms with Gasteiger partial charge in [-0.2, -0.15) is 0 Å². The fourth-order valence-corrected chi connectivity index (χ4v) is 0.499. The number of hydrogen-bond acceptors (Lipinski definition) is 4. The van der Waals surface area contributed by atoms with Crippen LogP contribution in [0.5, 0.6) is 11.8 Å². The van der Waals surface area contributed by atoms with Crippen LogP contribution in [0.4, 0.5) is 0 Å². The van der Waals surface area contributed by atoms with Crippen LogP contribution in [0.3, 0.4) is 0 Å². The van der Waals surface area contributed by atoms with Gasteiger partial charge in [-0.15, -0.1) is 0 Å². The molecule has 0 aliphatic heterocycles. The molecule has 1 aromatic rings. The number of methoxy groups -OCH3 is 1. The lowest BCUT2D eigenvalue weighted by molar-refractivity contribution is 0.393. The van der Waals surface area contributed by atoms with Gasteiger partial charge in [0.05, 0.1) is 13.2 Å². The topological polar surface area (TPSA) is 44.2 Å². The first-order valence-corrected chi connectivity index (χ1v) is 2.59. The maximum atomic E-state index is 4.83. The molecule has 2 radical (unpaired) electrons. The molecule has 0 aromatic carbocycles. The Morgan fingerprint density at radius 3 is 2.70 bits per heavy atom. The van der Waals surface area contributed by atoms with E-state index in [4.69, 9.17) is 12.8 Å². The molecule has 0 aliphatic carbocycles. The summed E-state index contributed by atoms with van der Waals surface area (Å²) in [6.07, 6.45) is 1.31. The molecule has 0 aliphatic rings. The Morgan fingerprint density at radius 1 is 1.40 bits per heavy atom. The van der Waals surface area contributed by atoms with Gasteiger partial charge in [0.2, 0.25) is 11.8 Å². The largest absolute Gasteiger partial charge is 0.555 e. The van der Waals surface area contributed by atoms with Gasteiger partial charge in [0.1, 0.15) is 6.33 Å². The van der Waals surface area contributed by atoms with Gasteiger partial charge in [0.15, 0.2) is 0 Å². The molecule has 50 valence electrons. The van der Waals surface area contributed by atoms with E-state index in [0.717, 1.165) is 0 Å². The molecule has 10 heavy (non-hydrogen) atoms. The second kappa shape index (κ2) is 3.05. The van der Waals surface area contributed by atoms with E-state index in [1.807, 2.05) is 0 Å². The highest BCUT2D eigenvalue weighted by molar-refractivity contribution is 5.99. The normalized spacial score (nSPS) is 8.90. The van der Waals surface area contributed by atoms with Crippen molar-refractivity contribution in [3.63, 3.8) is 0 Å². The molecule has 0 unspecified atom stereocenters. The molecule has 0 spiro atoms. The van der Waals surface area contributed by atoms with Gasteiger partial charge in [0, 0.05) is 0 Å².